The number of carbonyl (C=O) groups is 1. The summed E-state index contributed by atoms with van der Waals surface area (Å²) >= 11 is 0. The lowest BCUT2D eigenvalue weighted by molar-refractivity contribution is -0.125. The molecular weight excluding hydrogens is 278 g/mol. The Morgan fingerprint density at radius 2 is 1.68 bits per heavy atom. The summed E-state index contributed by atoms with van der Waals surface area (Å²) in [5, 5.41) is 13.3. The molecule has 22 heavy (non-hydrogen) atoms. The fourth-order valence-electron chi connectivity index (χ4n) is 2.98. The van der Waals surface area contributed by atoms with Crippen LogP contribution >= 0.6 is 0 Å². The largest absolute Gasteiger partial charge is 0.383 e. The van der Waals surface area contributed by atoms with Gasteiger partial charge in [-0.15, -0.1) is 0 Å². The monoisotopic (exact) mass is 293 g/mol. The van der Waals surface area contributed by atoms with Gasteiger partial charge in [-0.05, 0) is 17.2 Å². The maximum Gasteiger partial charge on any atom is 0.262 e. The van der Waals surface area contributed by atoms with E-state index < -0.39 is 17.8 Å². The van der Waals surface area contributed by atoms with E-state index in [9.17, 15) is 9.90 Å². The maximum absolute atomic E-state index is 12.3. The Morgan fingerprint density at radius 1 is 1.05 bits per heavy atom. The normalized spacial score (nSPS) is 31.5. The molecule has 0 radical (unpaired) electrons. The van der Waals surface area contributed by atoms with Gasteiger partial charge in [0.25, 0.3) is 5.91 Å². The first kappa shape index (κ1) is 13.2. The Morgan fingerprint density at radius 3 is 2.36 bits per heavy atom. The first-order valence-corrected chi connectivity index (χ1v) is 7.21. The van der Waals surface area contributed by atoms with Crippen molar-refractivity contribution in [3.63, 3.8) is 0 Å². The zero-order valence-corrected chi connectivity index (χ0v) is 11.8. The fraction of sp³-hybridized carbons (Fsp3) is 0.167. The highest BCUT2D eigenvalue weighted by Gasteiger charge is 2.71. The average molecular weight is 293 g/mol. The Bertz CT molecular complexity index is 741. The molecule has 4 heteroatoms. The van der Waals surface area contributed by atoms with E-state index in [1.807, 2.05) is 60.7 Å². The van der Waals surface area contributed by atoms with Gasteiger partial charge in [-0.25, -0.2) is 0 Å². The predicted octanol–water partition coefficient (Wildman–Crippen LogP) is 2.03. The lowest BCUT2D eigenvalue weighted by atomic mass is 9.94. The van der Waals surface area contributed by atoms with Crippen LogP contribution in [0.2, 0.25) is 0 Å². The Labute approximate surface area is 128 Å². The minimum absolute atomic E-state index is 0.281. The third-order valence-electron chi connectivity index (χ3n) is 4.18. The van der Waals surface area contributed by atoms with Crippen LogP contribution in [0.4, 0.5) is 0 Å². The van der Waals surface area contributed by atoms with Gasteiger partial charge in [0.15, 0.2) is 0 Å². The summed E-state index contributed by atoms with van der Waals surface area (Å²) < 4.78 is 5.64. The first-order valence-electron chi connectivity index (χ1n) is 7.21. The molecule has 1 amide bonds. The van der Waals surface area contributed by atoms with Crippen molar-refractivity contribution in [2.75, 3.05) is 0 Å². The number of carbonyl (C=O) groups excluding carboxylic acids is 1. The number of benzene rings is 2. The van der Waals surface area contributed by atoms with Crippen molar-refractivity contribution in [1.29, 1.82) is 0 Å². The number of aliphatic hydroxyl groups is 1. The van der Waals surface area contributed by atoms with Gasteiger partial charge in [0.2, 0.25) is 5.60 Å². The second kappa shape index (κ2) is 4.80. The predicted molar refractivity (Wildman–Crippen MR) is 81.6 cm³/mol. The van der Waals surface area contributed by atoms with Crippen molar-refractivity contribution in [2.45, 2.75) is 17.8 Å². The van der Waals surface area contributed by atoms with Gasteiger partial charge in [0.05, 0.1) is 5.70 Å². The van der Waals surface area contributed by atoms with Crippen LogP contribution in [-0.4, -0.2) is 22.7 Å². The molecule has 110 valence electrons. The van der Waals surface area contributed by atoms with Crippen molar-refractivity contribution in [3.05, 3.63) is 77.5 Å². The molecule has 2 saturated heterocycles. The molecule has 3 unspecified atom stereocenters. The number of ether oxygens (including phenoxy) is 1. The van der Waals surface area contributed by atoms with Crippen LogP contribution in [0, 0.1) is 0 Å². The molecule has 0 aromatic heterocycles. The van der Waals surface area contributed by atoms with E-state index in [4.69, 9.17) is 4.74 Å². The summed E-state index contributed by atoms with van der Waals surface area (Å²) in [7, 11) is 0. The number of aliphatic hydroxyl groups excluding tert-OH is 1. The first-order chi connectivity index (χ1) is 10.7. The minimum Gasteiger partial charge on any atom is -0.383 e. The van der Waals surface area contributed by atoms with Crippen molar-refractivity contribution in [3.8, 4) is 0 Å². The molecule has 1 spiro atoms. The van der Waals surface area contributed by atoms with Crippen molar-refractivity contribution in [1.82, 2.24) is 5.32 Å². The molecule has 2 aliphatic heterocycles. The van der Waals surface area contributed by atoms with E-state index in [1.54, 1.807) is 6.08 Å². The van der Waals surface area contributed by atoms with E-state index in [0.29, 0.717) is 5.70 Å². The summed E-state index contributed by atoms with van der Waals surface area (Å²) in [6.07, 6.45) is 0.400. The summed E-state index contributed by atoms with van der Waals surface area (Å²) in [5.41, 5.74) is 1.13. The van der Waals surface area contributed by atoms with E-state index in [-0.39, 0.29) is 5.91 Å². The topological polar surface area (TPSA) is 61.9 Å². The second-order valence-electron chi connectivity index (χ2n) is 5.57. The molecule has 0 bridgehead atoms. The number of epoxide rings is 1. The van der Waals surface area contributed by atoms with Crippen LogP contribution in [0.25, 0.3) is 6.08 Å². The van der Waals surface area contributed by atoms with Gasteiger partial charge in [0.1, 0.15) is 12.2 Å². The van der Waals surface area contributed by atoms with Gasteiger partial charge in [0, 0.05) is 0 Å². The zero-order chi connectivity index (χ0) is 15.2. The summed E-state index contributed by atoms with van der Waals surface area (Å²) in [4.78, 5) is 12.3. The van der Waals surface area contributed by atoms with Gasteiger partial charge >= 0.3 is 0 Å². The third kappa shape index (κ3) is 1.89. The highest BCUT2D eigenvalue weighted by molar-refractivity contribution is 5.96. The van der Waals surface area contributed by atoms with Gasteiger partial charge in [-0.1, -0.05) is 60.7 Å². The molecule has 2 aliphatic rings. The van der Waals surface area contributed by atoms with E-state index in [1.165, 1.54) is 0 Å². The molecular formula is C18H15NO3. The Balaban J connectivity index is 1.65. The number of rotatable bonds is 2. The molecule has 2 heterocycles. The summed E-state index contributed by atoms with van der Waals surface area (Å²) in [6.45, 7) is 0. The highest BCUT2D eigenvalue weighted by atomic mass is 16.6. The molecule has 3 atom stereocenters. The fourth-order valence-corrected chi connectivity index (χ4v) is 2.98. The van der Waals surface area contributed by atoms with Crippen molar-refractivity contribution < 1.29 is 14.6 Å². The van der Waals surface area contributed by atoms with Crippen LogP contribution in [-0.2, 0) is 9.53 Å². The maximum atomic E-state index is 12.3. The van der Waals surface area contributed by atoms with Crippen LogP contribution in [0.3, 0.4) is 0 Å². The Kier molecular flexibility index (Phi) is 2.89. The minimum atomic E-state index is -1.18. The molecule has 0 saturated carbocycles. The average Bonchev–Trinajstić information content (AvgIpc) is 3.27. The van der Waals surface area contributed by atoms with Crippen LogP contribution in [0.5, 0.6) is 0 Å². The number of hydrogen-bond donors (Lipinski definition) is 2. The van der Waals surface area contributed by atoms with Crippen LogP contribution in [0.15, 0.2) is 66.4 Å². The Hall–Kier alpha value is -2.43. The third-order valence-corrected chi connectivity index (χ3v) is 4.18. The van der Waals surface area contributed by atoms with Gasteiger partial charge < -0.3 is 15.2 Å². The van der Waals surface area contributed by atoms with E-state index >= 15 is 0 Å². The second-order valence-corrected chi connectivity index (χ2v) is 5.57. The molecule has 2 N–H and O–H groups in total. The molecule has 4 rings (SSSR count). The van der Waals surface area contributed by atoms with Crippen molar-refractivity contribution >= 4 is 12.0 Å². The van der Waals surface area contributed by atoms with Gasteiger partial charge in [-0.2, -0.15) is 0 Å². The van der Waals surface area contributed by atoms with Crippen LogP contribution in [0.1, 0.15) is 17.2 Å². The SMILES string of the molecule is O=C1N/C(=C/c2ccccc2)C(O)C12OC2c1ccccc1. The smallest absolute Gasteiger partial charge is 0.262 e. The summed E-state index contributed by atoms with van der Waals surface area (Å²) in [5.74, 6) is -0.281. The standard InChI is InChI=1S/C18H15NO3/c20-15-14(11-12-7-3-1-4-8-12)19-17(21)18(15)16(22-18)13-9-5-2-6-10-13/h1-11,15-16,20H,(H,19,21)/b14-11+. The number of hydrogen-bond acceptors (Lipinski definition) is 3. The van der Waals surface area contributed by atoms with Crippen LogP contribution < -0.4 is 5.32 Å². The zero-order valence-electron chi connectivity index (χ0n) is 11.8. The number of amides is 1. The van der Waals surface area contributed by atoms with Crippen molar-refractivity contribution in [2.24, 2.45) is 0 Å². The number of nitrogens with one attached hydrogen (secondary N) is 1. The molecule has 2 fully saturated rings. The lowest BCUT2D eigenvalue weighted by Gasteiger charge is -2.07. The van der Waals surface area contributed by atoms with E-state index in [0.717, 1.165) is 11.1 Å². The molecule has 0 aliphatic carbocycles. The molecule has 4 nitrogen and oxygen atoms in total. The molecule has 2 aromatic rings. The van der Waals surface area contributed by atoms with Gasteiger partial charge in [-0.3, -0.25) is 4.79 Å². The summed E-state index contributed by atoms with van der Waals surface area (Å²) in [6, 6.07) is 19.1. The quantitative estimate of drug-likeness (QED) is 0.833. The van der Waals surface area contributed by atoms with E-state index in [2.05, 4.69) is 5.32 Å². The highest BCUT2D eigenvalue weighted by Crippen LogP contribution is 2.55. The lowest BCUT2D eigenvalue weighted by Crippen LogP contribution is -2.32. The molecule has 2 aromatic carbocycles.